The highest BCUT2D eigenvalue weighted by Crippen LogP contribution is 1.95. The monoisotopic (exact) mass is 129 g/mol. The minimum atomic E-state index is 0.0654. The normalized spacial score (nSPS) is 9.78. The first kappa shape index (κ1) is 8.47. The molecule has 0 rings (SSSR count). The predicted octanol–water partition coefficient (Wildman–Crippen LogP) is 1.17. The summed E-state index contributed by atoms with van der Waals surface area (Å²) in [5, 5.41) is 2.74. The van der Waals surface area contributed by atoms with E-state index < -0.39 is 0 Å². The molecule has 0 fully saturated rings. The van der Waals surface area contributed by atoms with Crippen LogP contribution in [0.2, 0.25) is 0 Å². The van der Waals surface area contributed by atoms with Gasteiger partial charge in [-0.3, -0.25) is 4.79 Å². The molecule has 0 aliphatic carbocycles. The first-order valence-corrected chi connectivity index (χ1v) is 3.37. The average molecular weight is 129 g/mol. The van der Waals surface area contributed by atoms with Crippen molar-refractivity contribution in [3.05, 3.63) is 0 Å². The quantitative estimate of drug-likeness (QED) is 0.609. The molecule has 2 heteroatoms. The lowest BCUT2D eigenvalue weighted by atomic mass is 10.1. The maximum Gasteiger partial charge on any atom is 0.216 e. The maximum atomic E-state index is 10.3. The van der Waals surface area contributed by atoms with Gasteiger partial charge in [-0.15, -0.1) is 0 Å². The van der Waals surface area contributed by atoms with Crippen LogP contribution in [0.4, 0.5) is 0 Å². The Balaban J connectivity index is 3.01. The molecule has 0 atom stereocenters. The Morgan fingerprint density at radius 1 is 1.56 bits per heavy atom. The van der Waals surface area contributed by atoms with Gasteiger partial charge in [-0.05, 0) is 12.3 Å². The van der Waals surface area contributed by atoms with E-state index in [4.69, 9.17) is 0 Å². The molecule has 0 saturated heterocycles. The summed E-state index contributed by atoms with van der Waals surface area (Å²) in [7, 11) is 0. The molecule has 0 unspecified atom stereocenters. The number of hydrogen-bond donors (Lipinski definition) is 1. The van der Waals surface area contributed by atoms with Gasteiger partial charge in [0.05, 0.1) is 0 Å². The number of amides is 1. The summed E-state index contributed by atoms with van der Waals surface area (Å²) in [4.78, 5) is 10.3. The van der Waals surface area contributed by atoms with Crippen LogP contribution in [0, 0.1) is 5.92 Å². The zero-order chi connectivity index (χ0) is 7.28. The van der Waals surface area contributed by atoms with Crippen LogP contribution in [-0.2, 0) is 4.79 Å². The van der Waals surface area contributed by atoms with E-state index in [2.05, 4.69) is 19.2 Å². The molecule has 0 radical (unpaired) electrons. The van der Waals surface area contributed by atoms with E-state index in [-0.39, 0.29) is 5.91 Å². The minimum Gasteiger partial charge on any atom is -0.356 e. The van der Waals surface area contributed by atoms with Gasteiger partial charge < -0.3 is 5.32 Å². The van der Waals surface area contributed by atoms with Crippen molar-refractivity contribution in [1.29, 1.82) is 0 Å². The Bertz CT molecular complexity index is 88.9. The Morgan fingerprint density at radius 2 is 2.11 bits per heavy atom. The van der Waals surface area contributed by atoms with Gasteiger partial charge in [-0.25, -0.2) is 0 Å². The standard InChI is InChI=1S/C7H15NO/c1-6(2)4-5-8-7(3)9/h6H,4-5H2,1-3H3,(H,8,9). The molecule has 0 saturated carbocycles. The molecule has 1 N–H and O–H groups in total. The van der Waals surface area contributed by atoms with Gasteiger partial charge in [0.15, 0.2) is 0 Å². The van der Waals surface area contributed by atoms with Crippen LogP contribution >= 0.6 is 0 Å². The molecule has 0 aromatic heterocycles. The maximum absolute atomic E-state index is 10.3. The van der Waals surface area contributed by atoms with E-state index in [0.717, 1.165) is 13.0 Å². The fourth-order valence-electron chi connectivity index (χ4n) is 0.537. The molecular weight excluding hydrogens is 114 g/mol. The van der Waals surface area contributed by atoms with Crippen molar-refractivity contribution in [2.24, 2.45) is 5.92 Å². The van der Waals surface area contributed by atoms with Gasteiger partial charge in [0, 0.05) is 13.5 Å². The van der Waals surface area contributed by atoms with Crippen LogP contribution in [0.5, 0.6) is 0 Å². The fraction of sp³-hybridized carbons (Fsp3) is 0.857. The van der Waals surface area contributed by atoms with Gasteiger partial charge in [-0.1, -0.05) is 13.8 Å². The number of rotatable bonds is 3. The van der Waals surface area contributed by atoms with Crippen molar-refractivity contribution in [2.75, 3.05) is 6.54 Å². The highest BCUT2D eigenvalue weighted by atomic mass is 16.1. The summed E-state index contributed by atoms with van der Waals surface area (Å²) in [6.07, 6.45) is 1.07. The van der Waals surface area contributed by atoms with Gasteiger partial charge in [0.2, 0.25) is 5.91 Å². The third kappa shape index (κ3) is 7.47. The molecule has 0 bridgehead atoms. The van der Waals surface area contributed by atoms with Crippen LogP contribution in [0.1, 0.15) is 27.2 Å². The van der Waals surface area contributed by atoms with E-state index in [9.17, 15) is 4.79 Å². The highest BCUT2D eigenvalue weighted by Gasteiger charge is 1.93. The Kier molecular flexibility index (Phi) is 4.10. The molecule has 0 heterocycles. The number of hydrogen-bond acceptors (Lipinski definition) is 1. The molecule has 0 spiro atoms. The number of carbonyl (C=O) groups excluding carboxylic acids is 1. The zero-order valence-corrected chi connectivity index (χ0v) is 6.40. The zero-order valence-electron chi connectivity index (χ0n) is 6.40. The Morgan fingerprint density at radius 3 is 2.44 bits per heavy atom. The summed E-state index contributed by atoms with van der Waals surface area (Å²) in [5.41, 5.74) is 0. The fourth-order valence-corrected chi connectivity index (χ4v) is 0.537. The predicted molar refractivity (Wildman–Crippen MR) is 38.1 cm³/mol. The SMILES string of the molecule is CC(=O)NCCC(C)C. The second-order valence-corrected chi connectivity index (χ2v) is 2.67. The molecule has 0 aromatic carbocycles. The largest absolute Gasteiger partial charge is 0.356 e. The molecule has 1 amide bonds. The molecule has 2 nitrogen and oxygen atoms in total. The third-order valence-corrected chi connectivity index (χ3v) is 1.10. The van der Waals surface area contributed by atoms with E-state index in [0.29, 0.717) is 5.92 Å². The Labute approximate surface area is 56.6 Å². The summed E-state index contributed by atoms with van der Waals surface area (Å²) >= 11 is 0. The molecule has 54 valence electrons. The first-order valence-electron chi connectivity index (χ1n) is 3.37. The molecule has 0 aliphatic rings. The summed E-state index contributed by atoms with van der Waals surface area (Å²) in [6, 6.07) is 0. The van der Waals surface area contributed by atoms with E-state index in [1.165, 1.54) is 0 Å². The topological polar surface area (TPSA) is 29.1 Å². The summed E-state index contributed by atoms with van der Waals surface area (Å²) in [5.74, 6) is 0.743. The lowest BCUT2D eigenvalue weighted by Gasteiger charge is -2.03. The van der Waals surface area contributed by atoms with Crippen LogP contribution in [0.15, 0.2) is 0 Å². The molecular formula is C7H15NO. The van der Waals surface area contributed by atoms with E-state index in [1.54, 1.807) is 6.92 Å². The van der Waals surface area contributed by atoms with Gasteiger partial charge in [0.25, 0.3) is 0 Å². The van der Waals surface area contributed by atoms with Crippen molar-refractivity contribution in [1.82, 2.24) is 5.32 Å². The van der Waals surface area contributed by atoms with Crippen molar-refractivity contribution < 1.29 is 4.79 Å². The number of nitrogens with one attached hydrogen (secondary N) is 1. The second kappa shape index (κ2) is 4.36. The van der Waals surface area contributed by atoms with Gasteiger partial charge >= 0.3 is 0 Å². The summed E-state index contributed by atoms with van der Waals surface area (Å²) in [6.45, 7) is 6.64. The smallest absolute Gasteiger partial charge is 0.216 e. The Hall–Kier alpha value is -0.530. The molecule has 0 aliphatic heterocycles. The van der Waals surface area contributed by atoms with Crippen LogP contribution in [0.25, 0.3) is 0 Å². The van der Waals surface area contributed by atoms with Gasteiger partial charge in [-0.2, -0.15) is 0 Å². The van der Waals surface area contributed by atoms with Crippen molar-refractivity contribution in [3.63, 3.8) is 0 Å². The van der Waals surface area contributed by atoms with Crippen molar-refractivity contribution >= 4 is 5.91 Å². The van der Waals surface area contributed by atoms with Gasteiger partial charge in [0.1, 0.15) is 0 Å². The van der Waals surface area contributed by atoms with Crippen molar-refractivity contribution in [2.45, 2.75) is 27.2 Å². The van der Waals surface area contributed by atoms with Crippen LogP contribution < -0.4 is 5.32 Å². The lowest BCUT2D eigenvalue weighted by Crippen LogP contribution is -2.21. The summed E-state index contributed by atoms with van der Waals surface area (Å²) < 4.78 is 0. The average Bonchev–Trinajstić information content (AvgIpc) is 1.63. The first-order chi connectivity index (χ1) is 4.13. The molecule has 9 heavy (non-hydrogen) atoms. The van der Waals surface area contributed by atoms with Crippen LogP contribution in [-0.4, -0.2) is 12.5 Å². The van der Waals surface area contributed by atoms with E-state index >= 15 is 0 Å². The van der Waals surface area contributed by atoms with Crippen molar-refractivity contribution in [3.8, 4) is 0 Å². The second-order valence-electron chi connectivity index (χ2n) is 2.67. The van der Waals surface area contributed by atoms with Crippen LogP contribution in [0.3, 0.4) is 0 Å². The highest BCUT2D eigenvalue weighted by molar-refractivity contribution is 5.72. The third-order valence-electron chi connectivity index (χ3n) is 1.10. The van der Waals surface area contributed by atoms with E-state index in [1.807, 2.05) is 0 Å². The number of carbonyl (C=O) groups is 1. The lowest BCUT2D eigenvalue weighted by molar-refractivity contribution is -0.118. The minimum absolute atomic E-state index is 0.0654. The molecule has 0 aromatic rings.